The van der Waals surface area contributed by atoms with Crippen molar-refractivity contribution in [1.29, 1.82) is 0 Å². The minimum Gasteiger partial charge on any atom is -0.399 e. The van der Waals surface area contributed by atoms with E-state index in [2.05, 4.69) is 4.98 Å². The van der Waals surface area contributed by atoms with Crippen molar-refractivity contribution in [2.24, 2.45) is 0 Å². The summed E-state index contributed by atoms with van der Waals surface area (Å²) < 4.78 is 0. The molecule has 1 aromatic heterocycles. The van der Waals surface area contributed by atoms with Gasteiger partial charge in [0.25, 0.3) is 0 Å². The first-order valence-corrected chi connectivity index (χ1v) is 3.51. The molecule has 0 amide bonds. The molecule has 3 N–H and O–H groups in total. The average Bonchev–Trinajstić information content (AvgIpc) is 2.04. The molecule has 2 heteroatoms. The van der Waals surface area contributed by atoms with E-state index >= 15 is 0 Å². The summed E-state index contributed by atoms with van der Waals surface area (Å²) in [6.07, 6.45) is 3.84. The first-order chi connectivity index (χ1) is 5.36. The molecule has 2 nitrogen and oxygen atoms in total. The van der Waals surface area contributed by atoms with E-state index in [4.69, 9.17) is 5.73 Å². The maximum atomic E-state index is 5.61. The summed E-state index contributed by atoms with van der Waals surface area (Å²) in [6, 6.07) is 7.89. The fourth-order valence-electron chi connectivity index (χ4n) is 1.15. The van der Waals surface area contributed by atoms with Gasteiger partial charge in [-0.3, -0.25) is 0 Å². The molecule has 0 aliphatic heterocycles. The van der Waals surface area contributed by atoms with Crippen molar-refractivity contribution in [3.63, 3.8) is 0 Å². The molecule has 11 heavy (non-hydrogen) atoms. The van der Waals surface area contributed by atoms with Gasteiger partial charge in [0, 0.05) is 17.1 Å². The molecule has 0 bridgehead atoms. The number of nitrogens with one attached hydrogen (secondary N) is 1. The number of aromatic amines is 1. The first kappa shape index (κ1) is 6.16. The van der Waals surface area contributed by atoms with Crippen LogP contribution in [0.2, 0.25) is 0 Å². The zero-order valence-electron chi connectivity index (χ0n) is 6.04. The van der Waals surface area contributed by atoms with Crippen LogP contribution in [0.25, 0.3) is 10.8 Å². The summed E-state index contributed by atoms with van der Waals surface area (Å²) in [7, 11) is 0. The maximum absolute atomic E-state index is 5.61. The van der Waals surface area contributed by atoms with Gasteiger partial charge < -0.3 is 5.73 Å². The van der Waals surface area contributed by atoms with Gasteiger partial charge in [-0.1, -0.05) is 6.07 Å². The lowest BCUT2D eigenvalue weighted by Gasteiger charge is -1.93. The lowest BCUT2D eigenvalue weighted by molar-refractivity contribution is -0.375. The van der Waals surface area contributed by atoms with Crippen LogP contribution in [0.3, 0.4) is 0 Å². The van der Waals surface area contributed by atoms with Crippen LogP contribution >= 0.6 is 0 Å². The Bertz CT molecular complexity index is 382. The van der Waals surface area contributed by atoms with E-state index in [9.17, 15) is 0 Å². The third-order valence-corrected chi connectivity index (χ3v) is 1.71. The Hall–Kier alpha value is -1.57. The summed E-state index contributed by atoms with van der Waals surface area (Å²) in [6.45, 7) is 0. The van der Waals surface area contributed by atoms with Crippen LogP contribution in [0.1, 0.15) is 0 Å². The molecule has 2 rings (SSSR count). The van der Waals surface area contributed by atoms with Crippen molar-refractivity contribution in [3.8, 4) is 0 Å². The summed E-state index contributed by atoms with van der Waals surface area (Å²) in [5.41, 5.74) is 6.41. The van der Waals surface area contributed by atoms with Gasteiger partial charge in [0.05, 0.1) is 0 Å². The van der Waals surface area contributed by atoms with Gasteiger partial charge in [-0.2, -0.15) is 0 Å². The molecular weight excluding hydrogens is 136 g/mol. The van der Waals surface area contributed by atoms with E-state index in [1.807, 2.05) is 36.7 Å². The fourth-order valence-corrected chi connectivity index (χ4v) is 1.15. The van der Waals surface area contributed by atoms with Gasteiger partial charge in [-0.05, 0) is 17.5 Å². The second kappa shape index (κ2) is 2.23. The zero-order chi connectivity index (χ0) is 7.68. The second-order valence-corrected chi connectivity index (χ2v) is 2.53. The third-order valence-electron chi connectivity index (χ3n) is 1.71. The van der Waals surface area contributed by atoms with Crippen LogP contribution in [-0.2, 0) is 0 Å². The second-order valence-electron chi connectivity index (χ2n) is 2.53. The van der Waals surface area contributed by atoms with Crippen LogP contribution in [0.15, 0.2) is 36.7 Å². The van der Waals surface area contributed by atoms with Gasteiger partial charge in [0.2, 0.25) is 0 Å². The average molecular weight is 145 g/mol. The van der Waals surface area contributed by atoms with Crippen molar-refractivity contribution >= 4 is 16.5 Å². The highest BCUT2D eigenvalue weighted by molar-refractivity contribution is 5.83. The number of aromatic nitrogens is 1. The lowest BCUT2D eigenvalue weighted by atomic mass is 10.2. The lowest BCUT2D eigenvalue weighted by Crippen LogP contribution is -1.97. The normalized spacial score (nSPS) is 10.2. The number of anilines is 1. The molecule has 0 saturated carbocycles. The molecule has 2 aromatic rings. The number of hydrogen-bond donors (Lipinski definition) is 1. The molecule has 0 spiro atoms. The molecule has 0 atom stereocenters. The Kier molecular flexibility index (Phi) is 1.25. The number of rotatable bonds is 0. The standard InChI is InChI=1S/C9H8N2/c10-9-2-1-7-3-4-11-6-8(7)5-9/h1-6H,10H2/p+1. The number of hydrogen-bond acceptors (Lipinski definition) is 1. The van der Waals surface area contributed by atoms with Crippen LogP contribution in [0.5, 0.6) is 0 Å². The van der Waals surface area contributed by atoms with Gasteiger partial charge in [0.15, 0.2) is 12.4 Å². The molecule has 1 heterocycles. The summed E-state index contributed by atoms with van der Waals surface area (Å²) in [5.74, 6) is 0. The highest BCUT2D eigenvalue weighted by Gasteiger charge is 1.94. The molecule has 0 radical (unpaired) electrons. The van der Waals surface area contributed by atoms with E-state index in [1.165, 1.54) is 5.39 Å². The quantitative estimate of drug-likeness (QED) is 0.556. The Labute approximate surface area is 64.7 Å². The molecule has 0 saturated heterocycles. The van der Waals surface area contributed by atoms with E-state index in [1.54, 1.807) is 0 Å². The van der Waals surface area contributed by atoms with E-state index < -0.39 is 0 Å². The number of pyridine rings is 1. The predicted molar refractivity (Wildman–Crippen MR) is 44.9 cm³/mol. The fraction of sp³-hybridized carbons (Fsp3) is 0. The zero-order valence-corrected chi connectivity index (χ0v) is 6.04. The van der Waals surface area contributed by atoms with Crippen molar-refractivity contribution in [3.05, 3.63) is 36.7 Å². The van der Waals surface area contributed by atoms with Crippen molar-refractivity contribution in [1.82, 2.24) is 0 Å². The smallest absolute Gasteiger partial charge is 0.174 e. The van der Waals surface area contributed by atoms with Crippen molar-refractivity contribution in [2.45, 2.75) is 0 Å². The predicted octanol–water partition coefficient (Wildman–Crippen LogP) is 1.24. The first-order valence-electron chi connectivity index (χ1n) is 3.51. The van der Waals surface area contributed by atoms with Crippen molar-refractivity contribution in [2.75, 3.05) is 5.73 Å². The van der Waals surface area contributed by atoms with Gasteiger partial charge >= 0.3 is 0 Å². The molecular formula is C9H9N2+. The number of nitrogen functional groups attached to an aromatic ring is 1. The Morgan fingerprint density at radius 2 is 2.00 bits per heavy atom. The van der Waals surface area contributed by atoms with Crippen LogP contribution in [0, 0.1) is 0 Å². The molecule has 0 fully saturated rings. The minimum atomic E-state index is 0.803. The molecule has 0 aliphatic carbocycles. The van der Waals surface area contributed by atoms with Crippen molar-refractivity contribution < 1.29 is 4.98 Å². The van der Waals surface area contributed by atoms with E-state index in [0.29, 0.717) is 0 Å². The van der Waals surface area contributed by atoms with Crippen LogP contribution in [-0.4, -0.2) is 0 Å². The van der Waals surface area contributed by atoms with Gasteiger partial charge in [-0.15, -0.1) is 0 Å². The van der Waals surface area contributed by atoms with Gasteiger partial charge in [0.1, 0.15) is 0 Å². The maximum Gasteiger partial charge on any atom is 0.174 e. The third kappa shape index (κ3) is 1.03. The van der Waals surface area contributed by atoms with Crippen LogP contribution < -0.4 is 10.7 Å². The summed E-state index contributed by atoms with van der Waals surface area (Å²) in [4.78, 5) is 3.01. The van der Waals surface area contributed by atoms with E-state index in [0.717, 1.165) is 11.1 Å². The highest BCUT2D eigenvalue weighted by Crippen LogP contribution is 2.13. The molecule has 1 aromatic carbocycles. The number of benzene rings is 1. The topological polar surface area (TPSA) is 40.2 Å². The number of H-pyrrole nitrogens is 1. The molecule has 54 valence electrons. The monoisotopic (exact) mass is 145 g/mol. The Morgan fingerprint density at radius 3 is 2.91 bits per heavy atom. The Morgan fingerprint density at radius 1 is 1.09 bits per heavy atom. The number of nitrogens with two attached hydrogens (primary N) is 1. The SMILES string of the molecule is Nc1ccc2cc[nH+]cc2c1. The summed E-state index contributed by atoms with van der Waals surface area (Å²) >= 11 is 0. The minimum absolute atomic E-state index is 0.803. The number of fused-ring (bicyclic) bond motifs is 1. The van der Waals surface area contributed by atoms with Crippen LogP contribution in [0.4, 0.5) is 5.69 Å². The molecule has 0 unspecified atom stereocenters. The highest BCUT2D eigenvalue weighted by atomic mass is 14.6. The molecule has 0 aliphatic rings. The summed E-state index contributed by atoms with van der Waals surface area (Å²) in [5, 5.41) is 2.35. The van der Waals surface area contributed by atoms with E-state index in [-0.39, 0.29) is 0 Å². The van der Waals surface area contributed by atoms with Gasteiger partial charge in [-0.25, -0.2) is 4.98 Å². The Balaban J connectivity index is 2.83. The largest absolute Gasteiger partial charge is 0.399 e.